The van der Waals surface area contributed by atoms with Gasteiger partial charge in [-0.25, -0.2) is 0 Å². The highest BCUT2D eigenvalue weighted by molar-refractivity contribution is 9.10. The first kappa shape index (κ1) is 15.6. The molecule has 1 fully saturated rings. The van der Waals surface area contributed by atoms with Crippen LogP contribution in [0.3, 0.4) is 0 Å². The van der Waals surface area contributed by atoms with Crippen molar-refractivity contribution < 1.29 is 4.79 Å². The molecule has 1 aliphatic rings. The molecule has 0 aromatic carbocycles. The van der Waals surface area contributed by atoms with E-state index in [0.29, 0.717) is 6.04 Å². The maximum Gasteiger partial charge on any atom is 0.270 e. The Morgan fingerprint density at radius 1 is 1.45 bits per heavy atom. The highest BCUT2D eigenvalue weighted by Gasteiger charge is 2.26. The number of nitrogens with zero attached hydrogens (tertiary/aromatic N) is 3. The van der Waals surface area contributed by atoms with Crippen molar-refractivity contribution in [2.45, 2.75) is 38.8 Å². The lowest BCUT2D eigenvalue weighted by Crippen LogP contribution is -2.44. The van der Waals surface area contributed by atoms with Crippen molar-refractivity contribution in [1.29, 1.82) is 0 Å². The number of carbonyl (C=O) groups is 1. The van der Waals surface area contributed by atoms with Gasteiger partial charge in [0.2, 0.25) is 0 Å². The predicted molar refractivity (Wildman–Crippen MR) is 85.0 cm³/mol. The van der Waals surface area contributed by atoms with Gasteiger partial charge in [-0.1, -0.05) is 6.92 Å². The van der Waals surface area contributed by atoms with Crippen molar-refractivity contribution in [3.63, 3.8) is 0 Å². The number of hydrogen-bond donors (Lipinski definition) is 0. The largest absolute Gasteiger partial charge is 0.342 e. The van der Waals surface area contributed by atoms with Crippen LogP contribution >= 0.6 is 15.9 Å². The fourth-order valence-corrected chi connectivity index (χ4v) is 3.27. The summed E-state index contributed by atoms with van der Waals surface area (Å²) in [7, 11) is 4.08. The SMILES string of the molecule is CCCn1cc(Br)cc1C(=O)N(C)C1CCN(C)CC1. The van der Waals surface area contributed by atoms with Gasteiger partial charge in [0.1, 0.15) is 5.69 Å². The number of piperidine rings is 1. The molecule has 4 nitrogen and oxygen atoms in total. The minimum Gasteiger partial charge on any atom is -0.342 e. The first-order valence-corrected chi connectivity index (χ1v) is 8.13. The van der Waals surface area contributed by atoms with Crippen LogP contribution in [0.2, 0.25) is 0 Å². The minimum absolute atomic E-state index is 0.138. The van der Waals surface area contributed by atoms with E-state index in [9.17, 15) is 4.79 Å². The van der Waals surface area contributed by atoms with Gasteiger partial charge in [0, 0.05) is 30.3 Å². The van der Waals surface area contributed by atoms with Gasteiger partial charge in [0.15, 0.2) is 0 Å². The maximum atomic E-state index is 12.7. The number of likely N-dealkylation sites (tertiary alicyclic amines) is 1. The van der Waals surface area contributed by atoms with E-state index >= 15 is 0 Å². The van der Waals surface area contributed by atoms with Gasteiger partial charge >= 0.3 is 0 Å². The number of rotatable bonds is 4. The van der Waals surface area contributed by atoms with E-state index in [1.165, 1.54) is 0 Å². The van der Waals surface area contributed by atoms with Crippen LogP contribution in [0.25, 0.3) is 0 Å². The Morgan fingerprint density at radius 2 is 2.10 bits per heavy atom. The normalized spacial score (nSPS) is 17.4. The lowest BCUT2D eigenvalue weighted by molar-refractivity contribution is 0.0649. The molecule has 1 aromatic heterocycles. The summed E-state index contributed by atoms with van der Waals surface area (Å²) in [5.74, 6) is 0.138. The monoisotopic (exact) mass is 341 g/mol. The highest BCUT2D eigenvalue weighted by Crippen LogP contribution is 2.20. The molecule has 1 aromatic rings. The third kappa shape index (κ3) is 3.44. The number of carbonyl (C=O) groups excluding carboxylic acids is 1. The van der Waals surface area contributed by atoms with Crippen LogP contribution in [-0.2, 0) is 6.54 Å². The van der Waals surface area contributed by atoms with Crippen molar-refractivity contribution in [1.82, 2.24) is 14.4 Å². The van der Waals surface area contributed by atoms with E-state index < -0.39 is 0 Å². The molecule has 0 N–H and O–H groups in total. The maximum absolute atomic E-state index is 12.7. The zero-order chi connectivity index (χ0) is 14.7. The molecule has 5 heteroatoms. The molecule has 2 rings (SSSR count). The molecule has 0 radical (unpaired) electrons. The van der Waals surface area contributed by atoms with E-state index in [1.807, 2.05) is 24.2 Å². The van der Waals surface area contributed by atoms with Crippen molar-refractivity contribution in [2.75, 3.05) is 27.2 Å². The third-order valence-electron chi connectivity index (χ3n) is 4.10. The molecule has 20 heavy (non-hydrogen) atoms. The quantitative estimate of drug-likeness (QED) is 0.842. The van der Waals surface area contributed by atoms with E-state index in [4.69, 9.17) is 0 Å². The average molecular weight is 342 g/mol. The standard InChI is InChI=1S/C15H24BrN3O/c1-4-7-19-11-12(16)10-14(19)15(20)18(3)13-5-8-17(2)9-6-13/h10-11,13H,4-9H2,1-3H3. The van der Waals surface area contributed by atoms with Gasteiger partial charge in [-0.2, -0.15) is 0 Å². The van der Waals surface area contributed by atoms with Gasteiger partial charge in [0.25, 0.3) is 5.91 Å². The lowest BCUT2D eigenvalue weighted by Gasteiger charge is -2.35. The van der Waals surface area contributed by atoms with Gasteiger partial charge < -0.3 is 14.4 Å². The van der Waals surface area contributed by atoms with Crippen LogP contribution < -0.4 is 0 Å². The topological polar surface area (TPSA) is 28.5 Å². The molecule has 0 bridgehead atoms. The summed E-state index contributed by atoms with van der Waals surface area (Å²) < 4.78 is 3.03. The van der Waals surface area contributed by atoms with Gasteiger partial charge in [-0.3, -0.25) is 4.79 Å². The second-order valence-electron chi connectivity index (χ2n) is 5.69. The summed E-state index contributed by atoms with van der Waals surface area (Å²) in [6, 6.07) is 2.30. The first-order valence-electron chi connectivity index (χ1n) is 7.34. The summed E-state index contributed by atoms with van der Waals surface area (Å²) in [5, 5.41) is 0. The zero-order valence-electron chi connectivity index (χ0n) is 12.6. The zero-order valence-corrected chi connectivity index (χ0v) is 14.2. The Morgan fingerprint density at radius 3 is 2.70 bits per heavy atom. The van der Waals surface area contributed by atoms with Gasteiger partial charge in [-0.15, -0.1) is 0 Å². The Balaban J connectivity index is 2.10. The molecular formula is C15H24BrN3O. The lowest BCUT2D eigenvalue weighted by atomic mass is 10.0. The fraction of sp³-hybridized carbons (Fsp3) is 0.667. The Bertz CT molecular complexity index is 464. The van der Waals surface area contributed by atoms with Crippen LogP contribution in [0.5, 0.6) is 0 Å². The van der Waals surface area contributed by atoms with E-state index in [2.05, 4.69) is 39.4 Å². The minimum atomic E-state index is 0.138. The molecule has 0 aliphatic carbocycles. The third-order valence-corrected chi connectivity index (χ3v) is 4.54. The van der Waals surface area contributed by atoms with E-state index in [1.54, 1.807) is 0 Å². The summed E-state index contributed by atoms with van der Waals surface area (Å²) in [6.07, 6.45) is 5.15. The summed E-state index contributed by atoms with van der Waals surface area (Å²) in [4.78, 5) is 17.0. The molecule has 1 saturated heterocycles. The van der Waals surface area contributed by atoms with Crippen molar-refractivity contribution >= 4 is 21.8 Å². The van der Waals surface area contributed by atoms with Crippen molar-refractivity contribution in [2.24, 2.45) is 0 Å². The average Bonchev–Trinajstić information content (AvgIpc) is 2.79. The molecular weight excluding hydrogens is 318 g/mol. The summed E-state index contributed by atoms with van der Waals surface area (Å²) >= 11 is 3.48. The van der Waals surface area contributed by atoms with Gasteiger partial charge in [0.05, 0.1) is 0 Å². The summed E-state index contributed by atoms with van der Waals surface area (Å²) in [5.41, 5.74) is 0.792. The van der Waals surface area contributed by atoms with Crippen LogP contribution in [0.4, 0.5) is 0 Å². The predicted octanol–water partition coefficient (Wildman–Crippen LogP) is 2.83. The number of aryl methyl sites for hydroxylation is 1. The second kappa shape index (κ2) is 6.76. The number of hydrogen-bond acceptors (Lipinski definition) is 2. The number of halogens is 1. The smallest absolute Gasteiger partial charge is 0.270 e. The molecule has 2 heterocycles. The molecule has 1 aliphatic heterocycles. The fourth-order valence-electron chi connectivity index (χ4n) is 2.81. The van der Waals surface area contributed by atoms with Crippen molar-refractivity contribution in [3.8, 4) is 0 Å². The molecule has 0 unspecified atom stereocenters. The second-order valence-corrected chi connectivity index (χ2v) is 6.60. The molecule has 112 valence electrons. The van der Waals surface area contributed by atoms with E-state index in [0.717, 1.165) is 49.1 Å². The van der Waals surface area contributed by atoms with Crippen LogP contribution in [0, 0.1) is 0 Å². The Kier molecular flexibility index (Phi) is 5.27. The molecule has 0 atom stereocenters. The number of amides is 1. The summed E-state index contributed by atoms with van der Waals surface area (Å²) in [6.45, 7) is 5.15. The van der Waals surface area contributed by atoms with Gasteiger partial charge in [-0.05, 0) is 61.4 Å². The highest BCUT2D eigenvalue weighted by atomic mass is 79.9. The number of aromatic nitrogens is 1. The Hall–Kier alpha value is -0.810. The molecule has 1 amide bonds. The first-order chi connectivity index (χ1) is 9.52. The van der Waals surface area contributed by atoms with E-state index in [-0.39, 0.29) is 5.91 Å². The van der Waals surface area contributed by atoms with Crippen molar-refractivity contribution in [3.05, 3.63) is 22.4 Å². The molecule has 0 spiro atoms. The Labute approximate surface area is 129 Å². The molecule has 0 saturated carbocycles. The van der Waals surface area contributed by atoms with Crippen LogP contribution in [0.15, 0.2) is 16.7 Å². The van der Waals surface area contributed by atoms with Crippen LogP contribution in [0.1, 0.15) is 36.7 Å². The van der Waals surface area contributed by atoms with Crippen LogP contribution in [-0.4, -0.2) is 53.5 Å².